The molecule has 2 aromatic carbocycles. The van der Waals surface area contributed by atoms with Crippen molar-refractivity contribution in [3.05, 3.63) is 117 Å². The van der Waals surface area contributed by atoms with Gasteiger partial charge < -0.3 is 34.7 Å². The molecule has 0 saturated carbocycles. The van der Waals surface area contributed by atoms with E-state index >= 15 is 0 Å². The smallest absolute Gasteiger partial charge is 0.293 e. The number of fused-ring (bicyclic) bond motifs is 3. The second-order valence-corrected chi connectivity index (χ2v) is 20.4. The van der Waals surface area contributed by atoms with Crippen molar-refractivity contribution in [3.63, 3.8) is 0 Å². The second-order valence-electron chi connectivity index (χ2n) is 20.0. The summed E-state index contributed by atoms with van der Waals surface area (Å²) < 4.78 is 3.59. The van der Waals surface area contributed by atoms with Crippen LogP contribution >= 0.6 is 11.6 Å². The standard InChI is InChI=1S/C52H63ClN10O4/c1-9-47(65)56-42-24-35(10-13-44(42)61-19-18-59(28-33(61)5)36-15-17-60(32(4)22-36)37-11-12-41(53)39(25-37)31(2)3)55-48-51(67)58(8)29-43(57-48)38-14-16-54-49(40(38)30-64)63-21-20-62-45(50(63)66)23-34-26-52(6,7)27-46(34)62/h9-14,16,23-25,29,31-33,36,64H,1,15,17-22,26-28,30H2,2-8H3,(H,55,57)(H,56,65)/t32-,33-,36?/m0/s1. The Labute approximate surface area is 398 Å². The van der Waals surface area contributed by atoms with Crippen molar-refractivity contribution in [2.45, 2.75) is 104 Å². The molecule has 67 heavy (non-hydrogen) atoms. The van der Waals surface area contributed by atoms with Gasteiger partial charge in [-0.2, -0.15) is 0 Å². The molecule has 3 atom stereocenters. The van der Waals surface area contributed by atoms with E-state index in [-0.39, 0.29) is 34.6 Å². The number of piperidine rings is 1. The van der Waals surface area contributed by atoms with Gasteiger partial charge in [0.15, 0.2) is 5.82 Å². The first-order chi connectivity index (χ1) is 32.0. The lowest BCUT2D eigenvalue weighted by Crippen LogP contribution is -2.58. The van der Waals surface area contributed by atoms with Gasteiger partial charge in [-0.15, -0.1) is 0 Å². The van der Waals surface area contributed by atoms with Crippen molar-refractivity contribution in [1.82, 2.24) is 24.0 Å². The number of carbonyl (C=O) groups is 2. The molecule has 6 heterocycles. The number of rotatable bonds is 11. The minimum Gasteiger partial charge on any atom is -0.392 e. The van der Waals surface area contributed by atoms with Gasteiger partial charge in [0.05, 0.1) is 23.7 Å². The van der Waals surface area contributed by atoms with E-state index in [9.17, 15) is 19.5 Å². The van der Waals surface area contributed by atoms with Gasteiger partial charge in [-0.1, -0.05) is 45.9 Å². The van der Waals surface area contributed by atoms with Crippen LogP contribution in [0.4, 0.5) is 34.4 Å². The molecule has 0 spiro atoms. The average molecular weight is 928 g/mol. The zero-order valence-corrected chi connectivity index (χ0v) is 40.5. The van der Waals surface area contributed by atoms with E-state index in [0.717, 1.165) is 62.6 Å². The molecule has 15 heteroatoms. The summed E-state index contributed by atoms with van der Waals surface area (Å²) in [4.78, 5) is 59.2. The number of anilines is 6. The van der Waals surface area contributed by atoms with Crippen molar-refractivity contribution in [2.75, 3.05) is 58.1 Å². The maximum absolute atomic E-state index is 14.1. The number of nitrogens with zero attached hydrogens (tertiary/aromatic N) is 8. The van der Waals surface area contributed by atoms with Crippen LogP contribution < -0.4 is 30.9 Å². The van der Waals surface area contributed by atoms with Gasteiger partial charge in [-0.3, -0.25) is 24.2 Å². The first kappa shape index (κ1) is 46.2. The number of aliphatic hydroxyl groups is 1. The number of aliphatic hydroxyl groups excluding tert-OH is 1. The molecule has 2 saturated heterocycles. The third-order valence-corrected chi connectivity index (χ3v) is 14.7. The molecule has 5 aromatic rings. The predicted molar refractivity (Wildman–Crippen MR) is 268 cm³/mol. The van der Waals surface area contributed by atoms with Crippen LogP contribution in [-0.4, -0.2) is 91.8 Å². The summed E-state index contributed by atoms with van der Waals surface area (Å²) in [7, 11) is 1.65. The van der Waals surface area contributed by atoms with Gasteiger partial charge in [0.1, 0.15) is 11.5 Å². The van der Waals surface area contributed by atoms with Gasteiger partial charge in [0, 0.05) is 110 Å². The Kier molecular flexibility index (Phi) is 12.6. The Bertz CT molecular complexity index is 2820. The molecule has 352 valence electrons. The fourth-order valence-electron chi connectivity index (χ4n) is 11.0. The number of amides is 2. The molecular weight excluding hydrogens is 864 g/mol. The molecule has 2 amide bonds. The largest absolute Gasteiger partial charge is 0.392 e. The first-order valence-electron chi connectivity index (χ1n) is 23.6. The van der Waals surface area contributed by atoms with Crippen molar-refractivity contribution < 1.29 is 14.7 Å². The number of pyridine rings is 1. The third kappa shape index (κ3) is 8.87. The molecule has 9 rings (SSSR count). The Balaban J connectivity index is 0.925. The first-order valence-corrected chi connectivity index (χ1v) is 24.0. The molecule has 1 aliphatic carbocycles. The highest BCUT2D eigenvalue weighted by atomic mass is 35.5. The van der Waals surface area contributed by atoms with Crippen LogP contribution in [0.5, 0.6) is 0 Å². The van der Waals surface area contributed by atoms with Crippen LogP contribution in [0, 0.1) is 5.41 Å². The van der Waals surface area contributed by atoms with Crippen molar-refractivity contribution in [3.8, 4) is 11.3 Å². The van der Waals surface area contributed by atoms with E-state index in [1.54, 1.807) is 30.4 Å². The zero-order valence-electron chi connectivity index (χ0n) is 39.8. The number of aryl methyl sites for hydroxylation is 1. The lowest BCUT2D eigenvalue weighted by molar-refractivity contribution is -0.111. The molecule has 4 aliphatic rings. The van der Waals surface area contributed by atoms with Crippen LogP contribution in [0.15, 0.2) is 78.4 Å². The average Bonchev–Trinajstić information content (AvgIpc) is 3.80. The second kappa shape index (κ2) is 18.3. The summed E-state index contributed by atoms with van der Waals surface area (Å²) in [6, 6.07) is 16.9. The van der Waals surface area contributed by atoms with E-state index in [4.69, 9.17) is 16.6 Å². The highest BCUT2D eigenvalue weighted by Crippen LogP contribution is 2.41. The number of halogens is 1. The summed E-state index contributed by atoms with van der Waals surface area (Å²) in [5.74, 6) is 0.276. The van der Waals surface area contributed by atoms with E-state index in [1.807, 2.05) is 30.3 Å². The minimum atomic E-state index is -0.399. The Morgan fingerprint density at radius 1 is 1.00 bits per heavy atom. The summed E-state index contributed by atoms with van der Waals surface area (Å²) in [6.07, 6.45) is 8.47. The molecule has 3 aliphatic heterocycles. The molecular formula is C52H63ClN10O4. The zero-order chi connectivity index (χ0) is 47.5. The fourth-order valence-corrected chi connectivity index (χ4v) is 11.4. The molecule has 0 radical (unpaired) electrons. The van der Waals surface area contributed by atoms with Crippen LogP contribution in [0.3, 0.4) is 0 Å². The summed E-state index contributed by atoms with van der Waals surface area (Å²) in [5.41, 5.74) is 8.73. The van der Waals surface area contributed by atoms with Gasteiger partial charge in [0.25, 0.3) is 11.5 Å². The Morgan fingerprint density at radius 2 is 1.81 bits per heavy atom. The van der Waals surface area contributed by atoms with Crippen LogP contribution in [0.25, 0.3) is 11.3 Å². The van der Waals surface area contributed by atoms with Gasteiger partial charge in [-0.05, 0) is 117 Å². The number of carbonyl (C=O) groups excluding carboxylic acids is 2. The summed E-state index contributed by atoms with van der Waals surface area (Å²) >= 11 is 6.55. The minimum absolute atomic E-state index is 0.0546. The van der Waals surface area contributed by atoms with Crippen LogP contribution in [0.2, 0.25) is 5.02 Å². The monoisotopic (exact) mass is 926 g/mol. The van der Waals surface area contributed by atoms with Gasteiger partial charge >= 0.3 is 0 Å². The fraction of sp³-hybridized carbons (Fsp3) is 0.442. The molecule has 2 fully saturated rings. The topological polar surface area (TPSA) is 144 Å². The third-order valence-electron chi connectivity index (χ3n) is 14.4. The SMILES string of the molecule is C=CC(=O)Nc1cc(Nc2nc(-c3ccnc(N4CCn5c(cc6c5CC(C)(C)C6)C4=O)c3CO)cn(C)c2=O)ccc1N1CCN(C2CCN(c3ccc(Cl)c(C(C)C)c3)[C@@H](C)C2)C[C@@H]1C. The van der Waals surface area contributed by atoms with E-state index in [2.05, 4.69) is 95.1 Å². The maximum atomic E-state index is 14.1. The van der Waals surface area contributed by atoms with Crippen molar-refractivity contribution in [1.29, 1.82) is 0 Å². The van der Waals surface area contributed by atoms with Crippen molar-refractivity contribution >= 4 is 57.8 Å². The number of aromatic nitrogens is 4. The normalized spacial score (nSPS) is 20.5. The molecule has 14 nitrogen and oxygen atoms in total. The Hall–Kier alpha value is -5.96. The highest BCUT2D eigenvalue weighted by Gasteiger charge is 2.38. The molecule has 3 N–H and O–H groups in total. The van der Waals surface area contributed by atoms with Gasteiger partial charge in [0.2, 0.25) is 5.91 Å². The number of hydrogen-bond donors (Lipinski definition) is 3. The number of hydrogen-bond acceptors (Lipinski definition) is 10. The lowest BCUT2D eigenvalue weighted by atomic mass is 9.90. The quantitative estimate of drug-likeness (QED) is 0.111. The van der Waals surface area contributed by atoms with E-state index in [1.165, 1.54) is 33.2 Å². The lowest BCUT2D eigenvalue weighted by Gasteiger charge is -2.48. The maximum Gasteiger partial charge on any atom is 0.293 e. The number of nitrogens with one attached hydrogen (secondary N) is 2. The predicted octanol–water partition coefficient (Wildman–Crippen LogP) is 8.13. The highest BCUT2D eigenvalue weighted by molar-refractivity contribution is 6.31. The van der Waals surface area contributed by atoms with Crippen LogP contribution in [-0.2, 0) is 37.8 Å². The van der Waals surface area contributed by atoms with E-state index in [0.29, 0.717) is 70.8 Å². The number of piperazine rings is 1. The molecule has 3 aromatic heterocycles. The molecule has 0 bridgehead atoms. The van der Waals surface area contributed by atoms with Gasteiger partial charge in [-0.25, -0.2) is 9.97 Å². The number of benzene rings is 2. The van der Waals surface area contributed by atoms with E-state index < -0.39 is 6.61 Å². The summed E-state index contributed by atoms with van der Waals surface area (Å²) in [5, 5.41) is 17.9. The Morgan fingerprint density at radius 3 is 2.54 bits per heavy atom. The van der Waals surface area contributed by atoms with Crippen LogP contribution in [0.1, 0.15) is 93.2 Å². The summed E-state index contributed by atoms with van der Waals surface area (Å²) in [6.45, 7) is 21.3. The van der Waals surface area contributed by atoms with Crippen molar-refractivity contribution in [2.24, 2.45) is 12.5 Å². The molecule has 1 unspecified atom stereocenters.